The summed E-state index contributed by atoms with van der Waals surface area (Å²) >= 11 is 0. The third-order valence-electron chi connectivity index (χ3n) is 3.89. The molecule has 0 radical (unpaired) electrons. The molecule has 0 aliphatic rings. The van der Waals surface area contributed by atoms with Gasteiger partial charge in [0.2, 0.25) is 0 Å². The van der Waals surface area contributed by atoms with Crippen LogP contribution in [0.3, 0.4) is 0 Å². The highest BCUT2D eigenvalue weighted by atomic mass is 15.2. The van der Waals surface area contributed by atoms with Gasteiger partial charge in [0.25, 0.3) is 0 Å². The fourth-order valence-corrected chi connectivity index (χ4v) is 2.49. The third kappa shape index (κ3) is 4.94. The summed E-state index contributed by atoms with van der Waals surface area (Å²) in [5.41, 5.74) is 4.33. The minimum atomic E-state index is 0.376. The average Bonchev–Trinajstić information content (AvgIpc) is 2.68. The Kier molecular flexibility index (Phi) is 6.01. The second-order valence-electron chi connectivity index (χ2n) is 6.50. The molecule has 0 aromatic carbocycles. The average molecular weight is 374 g/mol. The van der Waals surface area contributed by atoms with Crippen molar-refractivity contribution in [1.82, 2.24) is 20.2 Å². The van der Waals surface area contributed by atoms with E-state index in [1.807, 2.05) is 31.2 Å². The molecule has 0 saturated heterocycles. The van der Waals surface area contributed by atoms with Crippen LogP contribution in [0.15, 0.2) is 58.5 Å². The summed E-state index contributed by atoms with van der Waals surface area (Å²) in [4.78, 5) is 16.6. The minimum absolute atomic E-state index is 0.376. The summed E-state index contributed by atoms with van der Waals surface area (Å²) in [5, 5.41) is 14.6. The van der Waals surface area contributed by atoms with Gasteiger partial charge in [-0.2, -0.15) is 5.10 Å². The second-order valence-corrected chi connectivity index (χ2v) is 6.50. The van der Waals surface area contributed by atoms with Crippen LogP contribution in [0.4, 0.5) is 17.3 Å². The molecule has 8 heteroatoms. The van der Waals surface area contributed by atoms with E-state index in [1.54, 1.807) is 18.6 Å². The van der Waals surface area contributed by atoms with Gasteiger partial charge >= 0.3 is 0 Å². The Labute approximate surface area is 163 Å². The van der Waals surface area contributed by atoms with Crippen molar-refractivity contribution in [2.24, 2.45) is 9.98 Å². The number of allylic oxidation sites excluding steroid dienone is 1. The molecule has 3 aromatic heterocycles. The summed E-state index contributed by atoms with van der Waals surface area (Å²) in [5.74, 6) is 1.71. The molecule has 28 heavy (non-hydrogen) atoms. The van der Waals surface area contributed by atoms with Gasteiger partial charge in [0.15, 0.2) is 5.82 Å². The number of fused-ring (bicyclic) bond motifs is 1. The predicted molar refractivity (Wildman–Crippen MR) is 114 cm³/mol. The highest BCUT2D eigenvalue weighted by molar-refractivity contribution is 5.80. The molecule has 0 fully saturated rings. The molecule has 0 spiro atoms. The molecule has 0 aliphatic carbocycles. The Bertz CT molecular complexity index is 1040. The molecule has 0 amide bonds. The van der Waals surface area contributed by atoms with E-state index in [0.29, 0.717) is 17.6 Å². The lowest BCUT2D eigenvalue weighted by Gasteiger charge is -2.09. The summed E-state index contributed by atoms with van der Waals surface area (Å²) in [6.45, 7) is 9.48. The molecule has 3 rings (SSSR count). The topological polar surface area (TPSA) is 100 Å². The molecule has 0 saturated carbocycles. The van der Waals surface area contributed by atoms with Crippen molar-refractivity contribution in [3.8, 4) is 0 Å². The van der Waals surface area contributed by atoms with Crippen LogP contribution in [-0.4, -0.2) is 33.2 Å². The lowest BCUT2D eigenvalue weighted by Crippen LogP contribution is -2.01. The number of hydrogen-bond donors (Lipinski definition) is 2. The van der Waals surface area contributed by atoms with Crippen LogP contribution in [0.5, 0.6) is 0 Å². The molecule has 3 aromatic rings. The van der Waals surface area contributed by atoms with Crippen molar-refractivity contribution in [3.05, 3.63) is 54.1 Å². The number of pyridine rings is 2. The first-order valence-corrected chi connectivity index (χ1v) is 8.83. The predicted octanol–water partition coefficient (Wildman–Crippen LogP) is 4.29. The Morgan fingerprint density at radius 3 is 2.79 bits per heavy atom. The van der Waals surface area contributed by atoms with Crippen molar-refractivity contribution in [1.29, 1.82) is 0 Å². The maximum absolute atomic E-state index is 4.63. The second kappa shape index (κ2) is 8.81. The Balaban J connectivity index is 1.82. The zero-order chi connectivity index (χ0) is 19.9. The van der Waals surface area contributed by atoms with Gasteiger partial charge in [-0.3, -0.25) is 9.98 Å². The van der Waals surface area contributed by atoms with Gasteiger partial charge in [0.1, 0.15) is 12.2 Å². The number of aliphatic imine (C=N–C) groups is 2. The maximum Gasteiger partial charge on any atom is 0.154 e. The summed E-state index contributed by atoms with van der Waals surface area (Å²) < 4.78 is 0. The Hall–Kier alpha value is -3.68. The normalized spacial score (nSPS) is 11.9. The fourth-order valence-electron chi connectivity index (χ4n) is 2.49. The Morgan fingerprint density at radius 2 is 2.00 bits per heavy atom. The summed E-state index contributed by atoms with van der Waals surface area (Å²) in [7, 11) is 0. The van der Waals surface area contributed by atoms with Crippen LogP contribution in [-0.2, 0) is 0 Å². The molecule has 3 heterocycles. The van der Waals surface area contributed by atoms with E-state index in [4.69, 9.17) is 0 Å². The van der Waals surface area contributed by atoms with E-state index < -0.39 is 0 Å². The van der Waals surface area contributed by atoms with E-state index >= 15 is 0 Å². The van der Waals surface area contributed by atoms with Crippen molar-refractivity contribution in [2.45, 2.75) is 26.7 Å². The van der Waals surface area contributed by atoms with E-state index in [9.17, 15) is 0 Å². The number of aromatic nitrogens is 4. The summed E-state index contributed by atoms with van der Waals surface area (Å²) in [6, 6.07) is 7.69. The monoisotopic (exact) mass is 374 g/mol. The van der Waals surface area contributed by atoms with Crippen LogP contribution in [0, 0.1) is 0 Å². The van der Waals surface area contributed by atoms with Gasteiger partial charge in [-0.25, -0.2) is 9.98 Å². The molecule has 0 bridgehead atoms. The van der Waals surface area contributed by atoms with E-state index in [0.717, 1.165) is 28.0 Å². The molecule has 0 unspecified atom stereocenters. The van der Waals surface area contributed by atoms with Crippen molar-refractivity contribution in [2.75, 3.05) is 10.6 Å². The minimum Gasteiger partial charge on any atom is -0.357 e. The number of anilines is 3. The van der Waals surface area contributed by atoms with Gasteiger partial charge in [-0.1, -0.05) is 13.8 Å². The molecular weight excluding hydrogens is 352 g/mol. The first kappa shape index (κ1) is 19.1. The molecule has 142 valence electrons. The fraction of sp³-hybridized carbons (Fsp3) is 0.200. The molecular formula is C20H22N8. The number of nitrogens with zero attached hydrogens (tertiary/aromatic N) is 6. The highest BCUT2D eigenvalue weighted by Crippen LogP contribution is 2.21. The van der Waals surface area contributed by atoms with Crippen molar-refractivity contribution >= 4 is 41.4 Å². The lowest BCUT2D eigenvalue weighted by molar-refractivity contribution is 0.843. The molecule has 0 aliphatic heterocycles. The smallest absolute Gasteiger partial charge is 0.154 e. The quantitative estimate of drug-likeness (QED) is 0.473. The van der Waals surface area contributed by atoms with Crippen molar-refractivity contribution in [3.63, 3.8) is 0 Å². The number of rotatable bonds is 7. The van der Waals surface area contributed by atoms with Crippen LogP contribution in [0.2, 0.25) is 0 Å². The van der Waals surface area contributed by atoms with E-state index in [-0.39, 0.29) is 0 Å². The van der Waals surface area contributed by atoms with E-state index in [1.165, 1.54) is 6.34 Å². The van der Waals surface area contributed by atoms with Gasteiger partial charge in [-0.05, 0) is 49.4 Å². The Morgan fingerprint density at radius 1 is 1.14 bits per heavy atom. The SMILES string of the molecule is C=N/C=N\C=C(/C)Nc1cnc2ccc(Nc3cc(C(C)C)cnn3)nc2c1. The number of nitrogens with one attached hydrogen (secondary N) is 2. The first-order valence-electron chi connectivity index (χ1n) is 8.83. The van der Waals surface area contributed by atoms with Crippen LogP contribution in [0.1, 0.15) is 32.3 Å². The maximum atomic E-state index is 4.63. The largest absolute Gasteiger partial charge is 0.357 e. The van der Waals surface area contributed by atoms with Gasteiger partial charge in [-0.15, -0.1) is 5.10 Å². The lowest BCUT2D eigenvalue weighted by atomic mass is 10.1. The summed E-state index contributed by atoms with van der Waals surface area (Å²) in [6.07, 6.45) is 6.56. The van der Waals surface area contributed by atoms with E-state index in [2.05, 4.69) is 61.3 Å². The van der Waals surface area contributed by atoms with Crippen LogP contribution >= 0.6 is 0 Å². The zero-order valence-corrected chi connectivity index (χ0v) is 16.1. The van der Waals surface area contributed by atoms with Crippen LogP contribution < -0.4 is 10.6 Å². The van der Waals surface area contributed by atoms with Gasteiger partial charge in [0.05, 0.1) is 29.1 Å². The van der Waals surface area contributed by atoms with Gasteiger partial charge < -0.3 is 10.6 Å². The van der Waals surface area contributed by atoms with Crippen LogP contribution in [0.25, 0.3) is 11.0 Å². The number of hydrogen-bond acceptors (Lipinski definition) is 7. The highest BCUT2D eigenvalue weighted by Gasteiger charge is 2.06. The van der Waals surface area contributed by atoms with Gasteiger partial charge in [0, 0.05) is 11.9 Å². The van der Waals surface area contributed by atoms with Crippen molar-refractivity contribution < 1.29 is 0 Å². The molecule has 0 atom stereocenters. The first-order chi connectivity index (χ1) is 13.5. The zero-order valence-electron chi connectivity index (χ0n) is 16.1. The molecule has 8 nitrogen and oxygen atoms in total. The standard InChI is InChI=1S/C20H22N8/c1-13(2)15-7-20(28-24-10-15)27-19-6-5-17-18(26-19)8-16(11-23-17)25-14(3)9-22-12-21-4/h5-13,25H,4H2,1-3H3,(H,26,27,28)/b14-9+,22-12-. The molecule has 2 N–H and O–H groups in total. The third-order valence-corrected chi connectivity index (χ3v) is 3.89.